The number of carbonyl (C=O) groups excluding carboxylic acids is 1. The van der Waals surface area contributed by atoms with Gasteiger partial charge in [0.2, 0.25) is 5.88 Å². The van der Waals surface area contributed by atoms with E-state index in [9.17, 15) is 22.4 Å². The predicted octanol–water partition coefficient (Wildman–Crippen LogP) is 5.16. The standard InChI is InChI=1S/C25H22F4N4O2/c1-2-19-14-9-20(21(10-14)35-22-8-7-15(11-30-22)25(27,28)29)33(19)24(34)18-6-4-3-5-17(18)23-31-12-16(26)13-32-23/h3-8,11-14,19-21H,2,9-10H2,1H3/t14-,19-,20+,21-/m1/s1. The summed E-state index contributed by atoms with van der Waals surface area (Å²) in [6.07, 6.45) is 0.187. The fourth-order valence-corrected chi connectivity index (χ4v) is 5.28. The number of hydrogen-bond donors (Lipinski definition) is 0. The normalized spacial score (nSPS) is 23.5. The Balaban J connectivity index is 1.41. The topological polar surface area (TPSA) is 68.2 Å². The number of ether oxygens (including phenoxy) is 1. The number of piperidine rings is 1. The fraction of sp³-hybridized carbons (Fsp3) is 0.360. The Morgan fingerprint density at radius 1 is 1.06 bits per heavy atom. The number of benzene rings is 1. The molecular weight excluding hydrogens is 464 g/mol. The van der Waals surface area contributed by atoms with Gasteiger partial charge in [-0.2, -0.15) is 13.2 Å². The molecule has 5 rings (SSSR count). The second-order valence-electron chi connectivity index (χ2n) is 8.80. The predicted molar refractivity (Wildman–Crippen MR) is 118 cm³/mol. The van der Waals surface area contributed by atoms with Crippen molar-refractivity contribution in [2.24, 2.45) is 5.92 Å². The van der Waals surface area contributed by atoms with Gasteiger partial charge in [0.1, 0.15) is 6.10 Å². The molecule has 0 radical (unpaired) electrons. The average Bonchev–Trinajstić information content (AvgIpc) is 3.42. The first kappa shape index (κ1) is 23.2. The van der Waals surface area contributed by atoms with E-state index in [4.69, 9.17) is 4.74 Å². The zero-order chi connectivity index (χ0) is 24.7. The molecule has 0 unspecified atom stereocenters. The van der Waals surface area contributed by atoms with Crippen molar-refractivity contribution >= 4 is 5.91 Å². The lowest BCUT2D eigenvalue weighted by atomic mass is 9.94. The maximum atomic E-state index is 13.8. The number of pyridine rings is 1. The molecule has 0 N–H and O–H groups in total. The number of aromatic nitrogens is 3. The van der Waals surface area contributed by atoms with E-state index in [0.29, 0.717) is 17.5 Å². The second kappa shape index (κ2) is 8.90. The van der Waals surface area contributed by atoms with Crippen LogP contribution < -0.4 is 4.74 Å². The highest BCUT2D eigenvalue weighted by atomic mass is 19.4. The third-order valence-corrected chi connectivity index (χ3v) is 6.77. The Morgan fingerprint density at radius 2 is 1.80 bits per heavy atom. The molecule has 1 amide bonds. The average molecular weight is 486 g/mol. The fourth-order valence-electron chi connectivity index (χ4n) is 5.28. The number of likely N-dealkylation sites (tertiary alicyclic amines) is 1. The molecule has 182 valence electrons. The smallest absolute Gasteiger partial charge is 0.417 e. The number of rotatable bonds is 5. The van der Waals surface area contributed by atoms with Crippen LogP contribution in [0.25, 0.3) is 11.4 Å². The van der Waals surface area contributed by atoms with E-state index in [1.165, 1.54) is 6.07 Å². The summed E-state index contributed by atoms with van der Waals surface area (Å²) in [4.78, 5) is 27.5. The van der Waals surface area contributed by atoms with E-state index >= 15 is 0 Å². The first-order valence-electron chi connectivity index (χ1n) is 11.4. The zero-order valence-electron chi connectivity index (χ0n) is 18.7. The maximum Gasteiger partial charge on any atom is 0.417 e. The third kappa shape index (κ3) is 4.33. The van der Waals surface area contributed by atoms with E-state index in [-0.39, 0.29) is 41.7 Å². The minimum atomic E-state index is -4.48. The lowest BCUT2D eigenvalue weighted by Crippen LogP contribution is -2.52. The highest BCUT2D eigenvalue weighted by Crippen LogP contribution is 2.46. The molecule has 1 saturated heterocycles. The Kier molecular flexibility index (Phi) is 5.90. The Hall–Kier alpha value is -3.56. The lowest BCUT2D eigenvalue weighted by molar-refractivity contribution is -0.137. The van der Waals surface area contributed by atoms with Gasteiger partial charge in [-0.1, -0.05) is 25.1 Å². The van der Waals surface area contributed by atoms with Crippen LogP contribution in [-0.2, 0) is 6.18 Å². The number of nitrogens with zero attached hydrogens (tertiary/aromatic N) is 4. The molecular formula is C25H22F4N4O2. The van der Waals surface area contributed by atoms with Gasteiger partial charge in [0, 0.05) is 23.9 Å². The monoisotopic (exact) mass is 486 g/mol. The second-order valence-corrected chi connectivity index (χ2v) is 8.80. The van der Waals surface area contributed by atoms with Crippen molar-refractivity contribution in [1.82, 2.24) is 19.9 Å². The molecule has 1 saturated carbocycles. The van der Waals surface area contributed by atoms with Crippen LogP contribution in [0.4, 0.5) is 17.6 Å². The highest BCUT2D eigenvalue weighted by Gasteiger charge is 2.54. The van der Waals surface area contributed by atoms with Crippen LogP contribution in [-0.4, -0.2) is 43.9 Å². The number of amides is 1. The molecule has 1 aromatic carbocycles. The maximum absolute atomic E-state index is 13.8. The van der Waals surface area contributed by atoms with Crippen molar-refractivity contribution < 1.29 is 27.1 Å². The van der Waals surface area contributed by atoms with Crippen LogP contribution in [0.1, 0.15) is 42.1 Å². The molecule has 3 heterocycles. The van der Waals surface area contributed by atoms with Gasteiger partial charge in [0.25, 0.3) is 5.91 Å². The summed E-state index contributed by atoms with van der Waals surface area (Å²) >= 11 is 0. The van der Waals surface area contributed by atoms with Crippen molar-refractivity contribution in [3.8, 4) is 17.3 Å². The minimum Gasteiger partial charge on any atom is -0.472 e. The number of fused-ring (bicyclic) bond motifs is 2. The van der Waals surface area contributed by atoms with Crippen molar-refractivity contribution in [3.05, 3.63) is 71.9 Å². The van der Waals surface area contributed by atoms with E-state index in [1.807, 2.05) is 11.8 Å². The van der Waals surface area contributed by atoms with Gasteiger partial charge in [0.15, 0.2) is 11.6 Å². The molecule has 2 aliphatic rings. The zero-order valence-corrected chi connectivity index (χ0v) is 18.7. The summed E-state index contributed by atoms with van der Waals surface area (Å²) in [5.74, 6) is -0.230. The van der Waals surface area contributed by atoms with Gasteiger partial charge in [-0.25, -0.2) is 19.3 Å². The lowest BCUT2D eigenvalue weighted by Gasteiger charge is -2.39. The number of hydrogen-bond acceptors (Lipinski definition) is 5. The number of carbonyl (C=O) groups is 1. The summed E-state index contributed by atoms with van der Waals surface area (Å²) in [7, 11) is 0. The Bertz CT molecular complexity index is 1220. The van der Waals surface area contributed by atoms with Crippen LogP contribution in [0, 0.1) is 11.7 Å². The van der Waals surface area contributed by atoms with Gasteiger partial charge in [-0.3, -0.25) is 4.79 Å². The minimum absolute atomic E-state index is 0.00936. The van der Waals surface area contributed by atoms with E-state index < -0.39 is 17.6 Å². The van der Waals surface area contributed by atoms with E-state index in [0.717, 1.165) is 37.5 Å². The van der Waals surface area contributed by atoms with Crippen LogP contribution in [0.3, 0.4) is 0 Å². The van der Waals surface area contributed by atoms with E-state index in [2.05, 4.69) is 15.0 Å². The summed E-state index contributed by atoms with van der Waals surface area (Å²) < 4.78 is 57.9. The first-order valence-corrected chi connectivity index (χ1v) is 11.4. The Labute approximate surface area is 199 Å². The Morgan fingerprint density at radius 3 is 2.46 bits per heavy atom. The summed E-state index contributed by atoms with van der Waals surface area (Å²) in [6, 6.07) is 8.82. The molecule has 10 heteroatoms. The first-order chi connectivity index (χ1) is 16.8. The molecule has 3 aromatic rings. The van der Waals surface area contributed by atoms with Crippen LogP contribution >= 0.6 is 0 Å². The molecule has 6 nitrogen and oxygen atoms in total. The van der Waals surface area contributed by atoms with E-state index in [1.54, 1.807) is 24.3 Å². The van der Waals surface area contributed by atoms with Gasteiger partial charge >= 0.3 is 6.18 Å². The molecule has 2 bridgehead atoms. The summed E-state index contributed by atoms with van der Waals surface area (Å²) in [6.45, 7) is 2.02. The molecule has 2 aromatic heterocycles. The molecule has 0 spiro atoms. The van der Waals surface area contributed by atoms with Gasteiger partial charge in [-0.05, 0) is 37.3 Å². The number of halogens is 4. The molecule has 2 fully saturated rings. The van der Waals surface area contributed by atoms with Crippen molar-refractivity contribution in [1.29, 1.82) is 0 Å². The van der Waals surface area contributed by atoms with Crippen LogP contribution in [0.15, 0.2) is 55.0 Å². The summed E-state index contributed by atoms with van der Waals surface area (Å²) in [5, 5.41) is 0. The van der Waals surface area contributed by atoms with Crippen molar-refractivity contribution in [3.63, 3.8) is 0 Å². The number of alkyl halides is 3. The quantitative estimate of drug-likeness (QED) is 0.466. The highest BCUT2D eigenvalue weighted by molar-refractivity contribution is 6.00. The molecule has 1 aliphatic carbocycles. The van der Waals surface area contributed by atoms with Crippen molar-refractivity contribution in [2.75, 3.05) is 0 Å². The largest absolute Gasteiger partial charge is 0.472 e. The summed E-state index contributed by atoms with van der Waals surface area (Å²) in [5.41, 5.74) is 0.0498. The molecule has 35 heavy (non-hydrogen) atoms. The van der Waals surface area contributed by atoms with Gasteiger partial charge in [-0.15, -0.1) is 0 Å². The van der Waals surface area contributed by atoms with Gasteiger partial charge in [0.05, 0.1) is 29.6 Å². The van der Waals surface area contributed by atoms with Crippen LogP contribution in [0.2, 0.25) is 0 Å². The SMILES string of the molecule is CC[C@@H]1[C@H]2C[C@@H](Oc3ccc(C(F)(F)F)cn3)[C@H](C2)N1C(=O)c1ccccc1-c1ncc(F)cn1. The third-order valence-electron chi connectivity index (χ3n) is 6.77. The van der Waals surface area contributed by atoms with Crippen molar-refractivity contribution in [2.45, 2.75) is 50.6 Å². The molecule has 4 atom stereocenters. The van der Waals surface area contributed by atoms with Crippen LogP contribution in [0.5, 0.6) is 5.88 Å². The molecule has 1 aliphatic heterocycles. The van der Waals surface area contributed by atoms with Gasteiger partial charge < -0.3 is 9.64 Å².